The van der Waals surface area contributed by atoms with Gasteiger partial charge in [-0.25, -0.2) is 8.42 Å². The van der Waals surface area contributed by atoms with Crippen LogP contribution in [0.3, 0.4) is 0 Å². The Morgan fingerprint density at radius 2 is 1.81 bits per heavy atom. The zero-order valence-corrected chi connectivity index (χ0v) is 15.2. The summed E-state index contributed by atoms with van der Waals surface area (Å²) in [5.74, 6) is -0.264. The molecule has 0 spiro atoms. The van der Waals surface area contributed by atoms with E-state index in [0.717, 1.165) is 5.56 Å². The van der Waals surface area contributed by atoms with E-state index in [0.29, 0.717) is 35.5 Å². The number of anilines is 3. The van der Waals surface area contributed by atoms with E-state index in [9.17, 15) is 18.0 Å². The number of fused-ring (bicyclic) bond motifs is 1. The van der Waals surface area contributed by atoms with E-state index in [4.69, 9.17) is 0 Å². The summed E-state index contributed by atoms with van der Waals surface area (Å²) in [5.41, 5.74) is 3.10. The van der Waals surface area contributed by atoms with Crippen LogP contribution in [0.25, 0.3) is 0 Å². The van der Waals surface area contributed by atoms with E-state index in [1.807, 2.05) is 0 Å². The van der Waals surface area contributed by atoms with Crippen molar-refractivity contribution in [3.05, 3.63) is 47.5 Å². The van der Waals surface area contributed by atoms with Crippen LogP contribution in [0.4, 0.5) is 17.1 Å². The molecule has 0 atom stereocenters. The highest BCUT2D eigenvalue weighted by Crippen LogP contribution is 2.28. The van der Waals surface area contributed by atoms with Crippen molar-refractivity contribution in [2.24, 2.45) is 0 Å². The van der Waals surface area contributed by atoms with Gasteiger partial charge in [0.1, 0.15) is 0 Å². The van der Waals surface area contributed by atoms with E-state index < -0.39 is 10.0 Å². The van der Waals surface area contributed by atoms with Crippen LogP contribution < -0.4 is 15.4 Å². The van der Waals surface area contributed by atoms with E-state index in [2.05, 4.69) is 15.4 Å². The molecule has 2 amide bonds. The summed E-state index contributed by atoms with van der Waals surface area (Å²) in [5, 5.41) is 5.38. The number of nitrogens with one attached hydrogen (secondary N) is 3. The highest BCUT2D eigenvalue weighted by Gasteiger charge is 2.19. The lowest BCUT2D eigenvalue weighted by Crippen LogP contribution is -2.19. The predicted octanol–water partition coefficient (Wildman–Crippen LogP) is 2.64. The van der Waals surface area contributed by atoms with Crippen molar-refractivity contribution in [2.75, 3.05) is 15.4 Å². The Labute approximate surface area is 151 Å². The van der Waals surface area contributed by atoms with Gasteiger partial charge >= 0.3 is 0 Å². The molecule has 0 saturated heterocycles. The van der Waals surface area contributed by atoms with Gasteiger partial charge in [0.25, 0.3) is 10.0 Å². The van der Waals surface area contributed by atoms with Crippen LogP contribution in [0.5, 0.6) is 0 Å². The summed E-state index contributed by atoms with van der Waals surface area (Å²) < 4.78 is 28.0. The standard InChI is InChI=1S/C18H19N3O4S/c1-11-9-14(19-12(2)22)5-7-17(11)26(24,25)21-15-4-6-16-13(10-15)3-8-18(23)20-16/h4-7,9-10,21H,3,8H2,1-2H3,(H,19,22)(H,20,23). The molecule has 3 rings (SSSR count). The van der Waals surface area contributed by atoms with Gasteiger partial charge in [-0.15, -0.1) is 0 Å². The Hall–Kier alpha value is -2.87. The van der Waals surface area contributed by atoms with Crippen LogP contribution in [0.1, 0.15) is 24.5 Å². The lowest BCUT2D eigenvalue weighted by atomic mass is 10.0. The maximum Gasteiger partial charge on any atom is 0.262 e. The summed E-state index contributed by atoms with van der Waals surface area (Å²) in [7, 11) is -3.78. The number of hydrogen-bond acceptors (Lipinski definition) is 4. The molecule has 2 aromatic carbocycles. The SMILES string of the molecule is CC(=O)Nc1ccc(S(=O)(=O)Nc2ccc3c(c2)CCC(=O)N3)c(C)c1. The summed E-state index contributed by atoms with van der Waals surface area (Å²) in [6.07, 6.45) is 0.952. The Bertz CT molecular complexity index is 999. The van der Waals surface area contributed by atoms with Crippen LogP contribution >= 0.6 is 0 Å². The van der Waals surface area contributed by atoms with Gasteiger partial charge in [-0.1, -0.05) is 0 Å². The van der Waals surface area contributed by atoms with Crippen LogP contribution in [-0.2, 0) is 26.0 Å². The number of amides is 2. The van der Waals surface area contributed by atoms with Crippen molar-refractivity contribution in [3.63, 3.8) is 0 Å². The molecule has 0 aromatic heterocycles. The third kappa shape index (κ3) is 3.85. The van der Waals surface area contributed by atoms with Gasteiger partial charge in [-0.2, -0.15) is 0 Å². The number of rotatable bonds is 4. The summed E-state index contributed by atoms with van der Waals surface area (Å²) in [6, 6.07) is 9.65. The second-order valence-corrected chi connectivity index (χ2v) is 7.84. The lowest BCUT2D eigenvalue weighted by Gasteiger charge is -2.18. The molecule has 7 nitrogen and oxygen atoms in total. The fourth-order valence-corrected chi connectivity index (χ4v) is 4.17. The third-order valence-corrected chi connectivity index (χ3v) is 5.58. The van der Waals surface area contributed by atoms with Crippen molar-refractivity contribution >= 4 is 38.9 Å². The first-order valence-corrected chi connectivity index (χ1v) is 9.57. The minimum Gasteiger partial charge on any atom is -0.326 e. The largest absolute Gasteiger partial charge is 0.326 e. The van der Waals surface area contributed by atoms with Gasteiger partial charge in [0.2, 0.25) is 11.8 Å². The van der Waals surface area contributed by atoms with Crippen LogP contribution in [0, 0.1) is 6.92 Å². The monoisotopic (exact) mass is 373 g/mol. The van der Waals surface area contributed by atoms with E-state index in [-0.39, 0.29) is 16.7 Å². The molecule has 0 aliphatic carbocycles. The van der Waals surface area contributed by atoms with Gasteiger partial charge in [0, 0.05) is 30.4 Å². The molecule has 1 heterocycles. The topological polar surface area (TPSA) is 104 Å². The Kier molecular flexibility index (Phi) is 4.69. The molecule has 0 saturated carbocycles. The van der Waals surface area contributed by atoms with Crippen LogP contribution in [0.15, 0.2) is 41.3 Å². The van der Waals surface area contributed by atoms with E-state index in [1.165, 1.54) is 13.0 Å². The molecular weight excluding hydrogens is 354 g/mol. The van der Waals surface area contributed by atoms with Gasteiger partial charge in [0.15, 0.2) is 0 Å². The van der Waals surface area contributed by atoms with Crippen LogP contribution in [0.2, 0.25) is 0 Å². The highest BCUT2D eigenvalue weighted by atomic mass is 32.2. The molecule has 3 N–H and O–H groups in total. The Balaban J connectivity index is 1.85. The van der Waals surface area contributed by atoms with Crippen molar-refractivity contribution in [2.45, 2.75) is 31.6 Å². The Morgan fingerprint density at radius 1 is 1.08 bits per heavy atom. The quantitative estimate of drug-likeness (QED) is 0.766. The first kappa shape index (κ1) is 17.9. The molecule has 0 radical (unpaired) electrons. The number of carbonyl (C=O) groups is 2. The third-order valence-electron chi connectivity index (χ3n) is 4.04. The summed E-state index contributed by atoms with van der Waals surface area (Å²) in [4.78, 5) is 22.7. The predicted molar refractivity (Wildman–Crippen MR) is 99.7 cm³/mol. The van der Waals surface area contributed by atoms with Gasteiger partial charge in [-0.3, -0.25) is 14.3 Å². The van der Waals surface area contributed by atoms with Gasteiger partial charge in [0.05, 0.1) is 4.90 Å². The van der Waals surface area contributed by atoms with Crippen LogP contribution in [-0.4, -0.2) is 20.2 Å². The number of benzene rings is 2. The molecule has 136 valence electrons. The zero-order chi connectivity index (χ0) is 18.9. The average molecular weight is 373 g/mol. The smallest absolute Gasteiger partial charge is 0.262 e. The fourth-order valence-electron chi connectivity index (χ4n) is 2.89. The average Bonchev–Trinajstić information content (AvgIpc) is 2.54. The first-order valence-electron chi connectivity index (χ1n) is 8.08. The molecule has 8 heteroatoms. The summed E-state index contributed by atoms with van der Waals surface area (Å²) >= 11 is 0. The van der Waals surface area contributed by atoms with Crippen molar-refractivity contribution in [1.29, 1.82) is 0 Å². The highest BCUT2D eigenvalue weighted by molar-refractivity contribution is 7.92. The molecular formula is C18H19N3O4S. The minimum absolute atomic E-state index is 0.0410. The number of hydrogen-bond donors (Lipinski definition) is 3. The molecule has 26 heavy (non-hydrogen) atoms. The minimum atomic E-state index is -3.78. The maximum absolute atomic E-state index is 12.7. The zero-order valence-electron chi connectivity index (χ0n) is 14.4. The number of sulfonamides is 1. The Morgan fingerprint density at radius 3 is 2.50 bits per heavy atom. The second kappa shape index (κ2) is 6.80. The molecule has 2 aromatic rings. The normalized spacial score (nSPS) is 13.5. The molecule has 1 aliphatic rings. The van der Waals surface area contributed by atoms with E-state index in [1.54, 1.807) is 37.3 Å². The summed E-state index contributed by atoms with van der Waals surface area (Å²) in [6.45, 7) is 3.06. The number of aryl methyl sites for hydroxylation is 2. The fraction of sp³-hybridized carbons (Fsp3) is 0.222. The van der Waals surface area contributed by atoms with E-state index >= 15 is 0 Å². The van der Waals surface area contributed by atoms with Gasteiger partial charge < -0.3 is 10.6 Å². The van der Waals surface area contributed by atoms with Crippen molar-refractivity contribution in [3.8, 4) is 0 Å². The number of carbonyl (C=O) groups excluding carboxylic acids is 2. The molecule has 0 bridgehead atoms. The molecule has 0 unspecified atom stereocenters. The van der Waals surface area contributed by atoms with Gasteiger partial charge in [-0.05, 0) is 60.9 Å². The van der Waals surface area contributed by atoms with Crippen molar-refractivity contribution in [1.82, 2.24) is 0 Å². The van der Waals surface area contributed by atoms with Crippen molar-refractivity contribution < 1.29 is 18.0 Å². The first-order chi connectivity index (χ1) is 12.2. The molecule has 1 aliphatic heterocycles. The second-order valence-electron chi connectivity index (χ2n) is 6.19. The maximum atomic E-state index is 12.7. The molecule has 0 fully saturated rings. The lowest BCUT2D eigenvalue weighted by molar-refractivity contribution is -0.116.